The Kier molecular flexibility index (Phi) is 2.94. The number of rotatable bonds is 2. The lowest BCUT2D eigenvalue weighted by molar-refractivity contribution is 0.0598. The summed E-state index contributed by atoms with van der Waals surface area (Å²) < 4.78 is 4.53. The number of benzene rings is 1. The van der Waals surface area contributed by atoms with Crippen molar-refractivity contribution in [1.29, 1.82) is 0 Å². The zero-order valence-electron chi connectivity index (χ0n) is 8.40. The molecular weight excluding hydrogens is 198 g/mol. The van der Waals surface area contributed by atoms with Crippen molar-refractivity contribution >= 4 is 17.6 Å². The summed E-state index contributed by atoms with van der Waals surface area (Å²) in [6, 6.07) is 2.68. The lowest BCUT2D eigenvalue weighted by Crippen LogP contribution is -2.10. The topological polar surface area (TPSA) is 89.6 Å². The van der Waals surface area contributed by atoms with Gasteiger partial charge in [0.25, 0.3) is 0 Å². The summed E-state index contributed by atoms with van der Waals surface area (Å²) in [6.45, 7) is 1.58. The van der Waals surface area contributed by atoms with E-state index in [2.05, 4.69) is 4.74 Å². The van der Waals surface area contributed by atoms with Crippen molar-refractivity contribution in [3.8, 4) is 0 Å². The molecule has 80 valence electrons. The number of esters is 1. The highest BCUT2D eigenvalue weighted by Gasteiger charge is 2.16. The molecule has 0 aromatic heterocycles. The predicted molar refractivity (Wildman–Crippen MR) is 53.9 cm³/mol. The van der Waals surface area contributed by atoms with E-state index in [0.717, 1.165) is 0 Å². The predicted octanol–water partition coefficient (Wildman–Crippen LogP) is 1.06. The summed E-state index contributed by atoms with van der Waals surface area (Å²) in [4.78, 5) is 22.0. The van der Waals surface area contributed by atoms with Gasteiger partial charge in [0.1, 0.15) is 0 Å². The summed E-state index contributed by atoms with van der Waals surface area (Å²) in [5.74, 6) is -1.65. The van der Waals surface area contributed by atoms with E-state index in [0.29, 0.717) is 5.56 Å². The van der Waals surface area contributed by atoms with Gasteiger partial charge in [-0.1, -0.05) is 0 Å². The summed E-state index contributed by atoms with van der Waals surface area (Å²) in [6.07, 6.45) is 0. The van der Waals surface area contributed by atoms with E-state index in [1.807, 2.05) is 0 Å². The van der Waals surface area contributed by atoms with Crippen LogP contribution in [-0.2, 0) is 4.74 Å². The highest BCUT2D eigenvalue weighted by atomic mass is 16.5. The Bertz CT molecular complexity index is 426. The van der Waals surface area contributed by atoms with Gasteiger partial charge in [0, 0.05) is 5.69 Å². The Labute approximate surface area is 86.5 Å². The van der Waals surface area contributed by atoms with E-state index in [1.54, 1.807) is 6.92 Å². The highest BCUT2D eigenvalue weighted by Crippen LogP contribution is 2.21. The third-order valence-corrected chi connectivity index (χ3v) is 2.15. The Balaban J connectivity index is 3.33. The molecule has 0 aliphatic carbocycles. The number of carboxylic acid groups (broad SMARTS) is 1. The molecule has 0 bridgehead atoms. The molecule has 0 unspecified atom stereocenters. The third kappa shape index (κ3) is 1.90. The Morgan fingerprint density at radius 2 is 1.87 bits per heavy atom. The molecule has 0 saturated carbocycles. The first-order valence-electron chi connectivity index (χ1n) is 4.19. The first-order chi connectivity index (χ1) is 6.99. The molecule has 0 amide bonds. The molecule has 5 heteroatoms. The van der Waals surface area contributed by atoms with E-state index in [9.17, 15) is 9.59 Å². The van der Waals surface area contributed by atoms with Crippen molar-refractivity contribution in [2.45, 2.75) is 6.92 Å². The van der Waals surface area contributed by atoms with Gasteiger partial charge in [0.2, 0.25) is 0 Å². The van der Waals surface area contributed by atoms with Gasteiger partial charge in [-0.15, -0.1) is 0 Å². The number of nitrogens with two attached hydrogens (primary N) is 1. The Morgan fingerprint density at radius 3 is 2.33 bits per heavy atom. The molecule has 0 saturated heterocycles. The van der Waals surface area contributed by atoms with Crippen LogP contribution in [0, 0.1) is 6.92 Å². The molecule has 0 aliphatic heterocycles. The second-order valence-electron chi connectivity index (χ2n) is 3.00. The number of ether oxygens (including phenoxy) is 1. The molecule has 1 aromatic carbocycles. The summed E-state index contributed by atoms with van der Waals surface area (Å²) in [5, 5.41) is 8.78. The monoisotopic (exact) mass is 209 g/mol. The number of carbonyl (C=O) groups is 2. The van der Waals surface area contributed by atoms with Crippen molar-refractivity contribution < 1.29 is 19.4 Å². The fourth-order valence-electron chi connectivity index (χ4n) is 1.25. The van der Waals surface area contributed by atoms with Crippen LogP contribution >= 0.6 is 0 Å². The van der Waals surface area contributed by atoms with Gasteiger partial charge in [-0.3, -0.25) is 0 Å². The second-order valence-corrected chi connectivity index (χ2v) is 3.00. The molecule has 1 rings (SSSR count). The lowest BCUT2D eigenvalue weighted by atomic mass is 10.0. The zero-order valence-corrected chi connectivity index (χ0v) is 8.40. The number of anilines is 1. The number of carboxylic acids is 1. The molecular formula is C10H11NO4. The van der Waals surface area contributed by atoms with Gasteiger partial charge in [-0.2, -0.15) is 0 Å². The molecule has 0 fully saturated rings. The average molecular weight is 209 g/mol. The minimum absolute atomic E-state index is 0.0137. The standard InChI is InChI=1S/C10H11NO4/c1-5-6(10(14)15-2)3-4-7(8(5)11)9(12)13/h3-4H,11H2,1-2H3,(H,12,13). The van der Waals surface area contributed by atoms with Crippen LogP contribution in [0.25, 0.3) is 0 Å². The quantitative estimate of drug-likeness (QED) is 0.561. The number of hydrogen-bond donors (Lipinski definition) is 2. The summed E-state index contributed by atoms with van der Waals surface area (Å²) in [7, 11) is 1.25. The van der Waals surface area contributed by atoms with Crippen molar-refractivity contribution in [1.82, 2.24) is 0 Å². The van der Waals surface area contributed by atoms with Crippen LogP contribution in [0.15, 0.2) is 12.1 Å². The Hall–Kier alpha value is -2.04. The molecule has 0 heterocycles. The van der Waals surface area contributed by atoms with E-state index in [1.165, 1.54) is 19.2 Å². The van der Waals surface area contributed by atoms with Gasteiger partial charge in [-0.05, 0) is 24.6 Å². The fraction of sp³-hybridized carbons (Fsp3) is 0.200. The van der Waals surface area contributed by atoms with Crippen molar-refractivity contribution in [2.24, 2.45) is 0 Å². The summed E-state index contributed by atoms with van der Waals surface area (Å²) >= 11 is 0. The number of methoxy groups -OCH3 is 1. The SMILES string of the molecule is COC(=O)c1ccc(C(=O)O)c(N)c1C. The number of aromatic carboxylic acids is 1. The van der Waals surface area contributed by atoms with Crippen LogP contribution in [0.1, 0.15) is 26.3 Å². The first-order valence-corrected chi connectivity index (χ1v) is 4.19. The normalized spacial score (nSPS) is 9.73. The fourth-order valence-corrected chi connectivity index (χ4v) is 1.25. The van der Waals surface area contributed by atoms with Crippen LogP contribution < -0.4 is 5.73 Å². The maximum absolute atomic E-state index is 11.2. The third-order valence-electron chi connectivity index (χ3n) is 2.15. The molecule has 0 aliphatic rings. The second kappa shape index (κ2) is 4.00. The van der Waals surface area contributed by atoms with E-state index >= 15 is 0 Å². The van der Waals surface area contributed by atoms with Crippen LogP contribution in [0.3, 0.4) is 0 Å². The zero-order chi connectivity index (χ0) is 11.6. The minimum Gasteiger partial charge on any atom is -0.478 e. The van der Waals surface area contributed by atoms with Crippen LogP contribution in [0.4, 0.5) is 5.69 Å². The molecule has 0 radical (unpaired) electrons. The van der Waals surface area contributed by atoms with Crippen LogP contribution in [-0.4, -0.2) is 24.2 Å². The van der Waals surface area contributed by atoms with E-state index in [4.69, 9.17) is 10.8 Å². The average Bonchev–Trinajstić information content (AvgIpc) is 2.20. The molecule has 5 nitrogen and oxygen atoms in total. The van der Waals surface area contributed by atoms with Crippen molar-refractivity contribution in [2.75, 3.05) is 12.8 Å². The van der Waals surface area contributed by atoms with Crippen LogP contribution in [0.2, 0.25) is 0 Å². The maximum Gasteiger partial charge on any atom is 0.338 e. The molecule has 3 N–H and O–H groups in total. The van der Waals surface area contributed by atoms with Gasteiger partial charge >= 0.3 is 11.9 Å². The first kappa shape index (κ1) is 11.0. The van der Waals surface area contributed by atoms with E-state index in [-0.39, 0.29) is 16.8 Å². The van der Waals surface area contributed by atoms with Gasteiger partial charge < -0.3 is 15.6 Å². The largest absolute Gasteiger partial charge is 0.478 e. The molecule has 1 aromatic rings. The van der Waals surface area contributed by atoms with Gasteiger partial charge in [-0.25, -0.2) is 9.59 Å². The smallest absolute Gasteiger partial charge is 0.338 e. The van der Waals surface area contributed by atoms with E-state index < -0.39 is 11.9 Å². The Morgan fingerprint density at radius 1 is 1.33 bits per heavy atom. The number of carbonyl (C=O) groups excluding carboxylic acids is 1. The summed E-state index contributed by atoms with van der Waals surface area (Å²) in [5.41, 5.74) is 6.36. The molecule has 0 atom stereocenters. The van der Waals surface area contributed by atoms with Crippen molar-refractivity contribution in [3.05, 3.63) is 28.8 Å². The van der Waals surface area contributed by atoms with Gasteiger partial charge in [0.05, 0.1) is 18.2 Å². The molecule has 0 spiro atoms. The highest BCUT2D eigenvalue weighted by molar-refractivity contribution is 5.99. The number of nitrogen functional groups attached to an aromatic ring is 1. The van der Waals surface area contributed by atoms with Gasteiger partial charge in [0.15, 0.2) is 0 Å². The minimum atomic E-state index is -1.12. The maximum atomic E-state index is 11.2. The molecule has 15 heavy (non-hydrogen) atoms. The lowest BCUT2D eigenvalue weighted by Gasteiger charge is -2.08. The van der Waals surface area contributed by atoms with Crippen molar-refractivity contribution in [3.63, 3.8) is 0 Å². The van der Waals surface area contributed by atoms with Crippen LogP contribution in [0.5, 0.6) is 0 Å². The number of hydrogen-bond acceptors (Lipinski definition) is 4.